The van der Waals surface area contributed by atoms with Crippen molar-refractivity contribution in [3.05, 3.63) is 48.7 Å². The van der Waals surface area contributed by atoms with Gasteiger partial charge in [-0.15, -0.1) is 5.10 Å². The maximum absolute atomic E-state index is 11.8. The van der Waals surface area contributed by atoms with E-state index in [-0.39, 0.29) is 5.97 Å². The standard InChI is InChI=1S/C15H14N4O2S2/c20-15(9-5-11-22-23-14-8-3-4-10-16-14)21-19-13-7-2-1-6-12(13)17-18-19/h1-4,6-8,10H,5,9,11H2. The summed E-state index contributed by atoms with van der Waals surface area (Å²) in [6.07, 6.45) is 2.84. The molecule has 118 valence electrons. The molecule has 3 rings (SSSR count). The van der Waals surface area contributed by atoms with Crippen LogP contribution in [0.3, 0.4) is 0 Å². The van der Waals surface area contributed by atoms with Gasteiger partial charge >= 0.3 is 5.97 Å². The van der Waals surface area contributed by atoms with E-state index in [4.69, 9.17) is 4.84 Å². The van der Waals surface area contributed by atoms with Gasteiger partial charge in [0.2, 0.25) is 0 Å². The van der Waals surface area contributed by atoms with Gasteiger partial charge in [-0.3, -0.25) is 0 Å². The maximum Gasteiger partial charge on any atom is 0.335 e. The molecule has 8 heteroatoms. The lowest BCUT2D eigenvalue weighted by Crippen LogP contribution is -2.20. The second-order valence-electron chi connectivity index (χ2n) is 4.59. The van der Waals surface area contributed by atoms with Crippen molar-refractivity contribution >= 4 is 38.6 Å². The minimum Gasteiger partial charge on any atom is -0.317 e. The molecule has 0 N–H and O–H groups in total. The molecule has 0 spiro atoms. The van der Waals surface area contributed by atoms with E-state index in [0.717, 1.165) is 17.2 Å². The quantitative estimate of drug-likeness (QED) is 0.370. The first kappa shape index (κ1) is 15.8. The van der Waals surface area contributed by atoms with E-state index in [2.05, 4.69) is 15.3 Å². The Labute approximate surface area is 141 Å². The van der Waals surface area contributed by atoms with E-state index in [9.17, 15) is 4.79 Å². The van der Waals surface area contributed by atoms with Crippen LogP contribution in [0.15, 0.2) is 53.7 Å². The van der Waals surface area contributed by atoms with Crippen LogP contribution in [0.1, 0.15) is 12.8 Å². The third-order valence-corrected chi connectivity index (χ3v) is 5.25. The largest absolute Gasteiger partial charge is 0.335 e. The SMILES string of the molecule is O=C(CCCSSc1ccccn1)On1nnc2ccccc21. The number of hydrogen-bond acceptors (Lipinski definition) is 7. The number of carbonyl (C=O) groups excluding carboxylic acids is 1. The molecule has 0 saturated heterocycles. The summed E-state index contributed by atoms with van der Waals surface area (Å²) in [5.41, 5.74) is 1.38. The fraction of sp³-hybridized carbons (Fsp3) is 0.200. The third kappa shape index (κ3) is 4.46. The summed E-state index contributed by atoms with van der Waals surface area (Å²) in [5.74, 6) is 0.526. The second kappa shape index (κ2) is 7.98. The van der Waals surface area contributed by atoms with Crippen LogP contribution in [0.4, 0.5) is 0 Å². The highest BCUT2D eigenvalue weighted by molar-refractivity contribution is 8.76. The maximum atomic E-state index is 11.8. The Morgan fingerprint density at radius 2 is 2.04 bits per heavy atom. The minimum absolute atomic E-state index is 0.316. The normalized spacial score (nSPS) is 10.8. The molecule has 6 nitrogen and oxygen atoms in total. The summed E-state index contributed by atoms with van der Waals surface area (Å²) in [7, 11) is 3.28. The molecule has 0 amide bonds. The molecule has 0 bridgehead atoms. The van der Waals surface area contributed by atoms with Crippen LogP contribution in [0.25, 0.3) is 11.0 Å². The van der Waals surface area contributed by atoms with Crippen molar-refractivity contribution in [2.24, 2.45) is 0 Å². The number of rotatable bonds is 7. The highest BCUT2D eigenvalue weighted by Gasteiger charge is 2.09. The van der Waals surface area contributed by atoms with Crippen LogP contribution < -0.4 is 4.84 Å². The van der Waals surface area contributed by atoms with Crippen LogP contribution in [-0.2, 0) is 4.79 Å². The van der Waals surface area contributed by atoms with E-state index in [0.29, 0.717) is 17.5 Å². The molecule has 3 aromatic rings. The lowest BCUT2D eigenvalue weighted by atomic mass is 10.3. The fourth-order valence-electron chi connectivity index (χ4n) is 1.83. The van der Waals surface area contributed by atoms with Gasteiger partial charge in [-0.1, -0.05) is 33.8 Å². The minimum atomic E-state index is -0.316. The highest BCUT2D eigenvalue weighted by Crippen LogP contribution is 2.29. The summed E-state index contributed by atoms with van der Waals surface area (Å²) in [6, 6.07) is 13.1. The first-order valence-corrected chi connectivity index (χ1v) is 9.37. The van der Waals surface area contributed by atoms with Gasteiger partial charge in [0, 0.05) is 18.4 Å². The van der Waals surface area contributed by atoms with Crippen molar-refractivity contribution < 1.29 is 9.63 Å². The molecule has 0 aliphatic carbocycles. The smallest absolute Gasteiger partial charge is 0.317 e. The van der Waals surface area contributed by atoms with Gasteiger partial charge in [-0.05, 0) is 46.7 Å². The summed E-state index contributed by atoms with van der Waals surface area (Å²) >= 11 is 0. The van der Waals surface area contributed by atoms with E-state index < -0.39 is 0 Å². The van der Waals surface area contributed by atoms with Crippen LogP contribution in [0.2, 0.25) is 0 Å². The third-order valence-electron chi connectivity index (χ3n) is 2.90. The average Bonchev–Trinajstić information content (AvgIpc) is 2.99. The van der Waals surface area contributed by atoms with Gasteiger partial charge in [-0.2, -0.15) is 0 Å². The zero-order valence-electron chi connectivity index (χ0n) is 12.2. The monoisotopic (exact) mass is 346 g/mol. The highest BCUT2D eigenvalue weighted by atomic mass is 33.1. The molecule has 2 aromatic heterocycles. The molecular weight excluding hydrogens is 332 g/mol. The molecule has 0 aliphatic rings. The number of carbonyl (C=O) groups is 1. The molecule has 23 heavy (non-hydrogen) atoms. The Balaban J connectivity index is 1.40. The van der Waals surface area contributed by atoms with E-state index in [1.807, 2.05) is 42.5 Å². The van der Waals surface area contributed by atoms with Crippen molar-refractivity contribution in [3.8, 4) is 0 Å². The van der Waals surface area contributed by atoms with Crippen LogP contribution in [0.5, 0.6) is 0 Å². The zero-order chi connectivity index (χ0) is 15.9. The predicted octanol–water partition coefficient (Wildman–Crippen LogP) is 3.00. The number of pyridine rings is 1. The van der Waals surface area contributed by atoms with Crippen molar-refractivity contribution in [3.63, 3.8) is 0 Å². The van der Waals surface area contributed by atoms with Gasteiger partial charge in [0.1, 0.15) is 16.1 Å². The van der Waals surface area contributed by atoms with Gasteiger partial charge in [0.25, 0.3) is 0 Å². The Hall–Kier alpha value is -2.06. The number of para-hydroxylation sites is 1. The van der Waals surface area contributed by atoms with Crippen LogP contribution in [-0.4, -0.2) is 31.9 Å². The second-order valence-corrected chi connectivity index (χ2v) is 7.03. The molecule has 1 aromatic carbocycles. The number of nitrogens with zero attached hydrogens (tertiary/aromatic N) is 4. The Morgan fingerprint density at radius 1 is 1.17 bits per heavy atom. The Morgan fingerprint density at radius 3 is 2.91 bits per heavy atom. The van der Waals surface area contributed by atoms with Crippen LogP contribution >= 0.6 is 21.6 Å². The lowest BCUT2D eigenvalue weighted by Gasteiger charge is -2.03. The molecule has 0 unspecified atom stereocenters. The summed E-state index contributed by atoms with van der Waals surface area (Å²) < 4.78 is 0. The van der Waals surface area contributed by atoms with Crippen molar-refractivity contribution in [2.45, 2.75) is 17.9 Å². The molecule has 0 atom stereocenters. The topological polar surface area (TPSA) is 69.9 Å². The van der Waals surface area contributed by atoms with Crippen LogP contribution in [0, 0.1) is 0 Å². The Bertz CT molecular complexity index is 779. The molecular formula is C15H14N4O2S2. The number of hydrogen-bond donors (Lipinski definition) is 0. The van der Waals surface area contributed by atoms with Crippen molar-refractivity contribution in [1.82, 2.24) is 20.1 Å². The summed E-state index contributed by atoms with van der Waals surface area (Å²) in [5, 5.41) is 8.73. The van der Waals surface area contributed by atoms with Crippen molar-refractivity contribution in [2.75, 3.05) is 5.75 Å². The summed E-state index contributed by atoms with van der Waals surface area (Å²) in [4.78, 5) is 22.5. The Kier molecular flexibility index (Phi) is 5.49. The summed E-state index contributed by atoms with van der Waals surface area (Å²) in [6.45, 7) is 0. The fourth-order valence-corrected chi connectivity index (χ4v) is 3.80. The van der Waals surface area contributed by atoms with Gasteiger partial charge in [0.05, 0.1) is 0 Å². The predicted molar refractivity (Wildman–Crippen MR) is 90.9 cm³/mol. The zero-order valence-corrected chi connectivity index (χ0v) is 13.8. The first-order valence-electron chi connectivity index (χ1n) is 7.05. The number of fused-ring (bicyclic) bond motifs is 1. The van der Waals surface area contributed by atoms with E-state index in [1.165, 1.54) is 4.85 Å². The number of aromatic nitrogens is 4. The van der Waals surface area contributed by atoms with Gasteiger partial charge < -0.3 is 4.84 Å². The first-order chi connectivity index (χ1) is 11.3. The lowest BCUT2D eigenvalue weighted by molar-refractivity contribution is -0.145. The molecule has 0 saturated carbocycles. The van der Waals surface area contributed by atoms with Gasteiger partial charge in [0.15, 0.2) is 0 Å². The average molecular weight is 346 g/mol. The molecule has 0 radical (unpaired) electrons. The molecule has 0 fully saturated rings. The molecule has 2 heterocycles. The number of benzene rings is 1. The van der Waals surface area contributed by atoms with E-state index in [1.54, 1.807) is 27.8 Å². The van der Waals surface area contributed by atoms with E-state index >= 15 is 0 Å². The molecule has 0 aliphatic heterocycles. The van der Waals surface area contributed by atoms with Gasteiger partial charge in [-0.25, -0.2) is 9.78 Å². The van der Waals surface area contributed by atoms with Crippen molar-refractivity contribution in [1.29, 1.82) is 0 Å².